The number of hydrogen-bond donors (Lipinski definition) is 4. The van der Waals surface area contributed by atoms with Crippen LogP contribution in [0.25, 0.3) is 10.9 Å². The molecule has 4 saturated carbocycles. The number of H-pyrrole nitrogens is 2. The van der Waals surface area contributed by atoms with Gasteiger partial charge in [0.15, 0.2) is 0 Å². The van der Waals surface area contributed by atoms with Crippen molar-refractivity contribution in [2.24, 2.45) is 17.8 Å². The molecule has 0 unspecified atom stereocenters. The van der Waals surface area contributed by atoms with Crippen LogP contribution in [-0.4, -0.2) is 38.2 Å². The van der Waals surface area contributed by atoms with E-state index in [1.165, 1.54) is 60.7 Å². The molecule has 2 heterocycles. The molecule has 4 aromatic rings. The van der Waals surface area contributed by atoms with Gasteiger partial charge >= 0.3 is 0 Å². The van der Waals surface area contributed by atoms with E-state index >= 15 is 0 Å². The van der Waals surface area contributed by atoms with Crippen LogP contribution >= 0.6 is 0 Å². The van der Waals surface area contributed by atoms with Crippen molar-refractivity contribution in [2.75, 3.05) is 17.2 Å². The lowest BCUT2D eigenvalue weighted by Crippen LogP contribution is -2.48. The number of aromatic amines is 2. The molecule has 7 heteroatoms. The Kier molecular flexibility index (Phi) is 5.03. The number of nitrogens with one attached hydrogen (secondary N) is 4. The van der Waals surface area contributed by atoms with E-state index in [9.17, 15) is 0 Å². The summed E-state index contributed by atoms with van der Waals surface area (Å²) in [5, 5.41) is 22.8. The van der Waals surface area contributed by atoms with Crippen LogP contribution in [0.3, 0.4) is 0 Å². The van der Waals surface area contributed by atoms with E-state index in [1.54, 1.807) is 5.56 Å². The summed E-state index contributed by atoms with van der Waals surface area (Å²) < 4.78 is 0. The van der Waals surface area contributed by atoms with Crippen molar-refractivity contribution in [3.05, 3.63) is 65.9 Å². The molecule has 0 saturated heterocycles. The Hall–Kier alpha value is -3.35. The maximum atomic E-state index is 4.07. The standard InChI is InChI=1S/C28H33N7/c1-2-7-26-25(6-1)21(16-29-26)11-24(17-30-27-32-34-35-33-27)31-23-5-3-4-22(12-23)28-13-18-8-19(14-28)10-20(9-18)15-28/h1-7,12,16,18-20,24,29,31H,8-11,13-15,17H2,(H2,30,32,33,34,35)/t18?,19?,20?,24-,28?/m0/s1. The van der Waals surface area contributed by atoms with Crippen LogP contribution in [0.4, 0.5) is 11.6 Å². The minimum absolute atomic E-state index is 0.166. The molecule has 4 fully saturated rings. The molecule has 8 rings (SSSR count). The molecule has 0 amide bonds. The van der Waals surface area contributed by atoms with Crippen LogP contribution in [0.15, 0.2) is 54.7 Å². The zero-order valence-electron chi connectivity index (χ0n) is 20.0. The van der Waals surface area contributed by atoms with Gasteiger partial charge in [-0.3, -0.25) is 0 Å². The molecule has 0 radical (unpaired) electrons. The molecule has 0 aliphatic heterocycles. The molecule has 2 aromatic heterocycles. The molecule has 4 bridgehead atoms. The van der Waals surface area contributed by atoms with E-state index in [4.69, 9.17) is 0 Å². The summed E-state index contributed by atoms with van der Waals surface area (Å²) in [5.41, 5.74) is 5.65. The van der Waals surface area contributed by atoms with Gasteiger partial charge in [-0.1, -0.05) is 35.4 Å². The van der Waals surface area contributed by atoms with Gasteiger partial charge in [0.25, 0.3) is 5.95 Å². The first-order chi connectivity index (χ1) is 17.2. The summed E-state index contributed by atoms with van der Waals surface area (Å²) >= 11 is 0. The Morgan fingerprint density at radius 3 is 2.54 bits per heavy atom. The van der Waals surface area contributed by atoms with Gasteiger partial charge in [0.2, 0.25) is 0 Å². The molecule has 7 nitrogen and oxygen atoms in total. The molecule has 2 aromatic carbocycles. The summed E-state index contributed by atoms with van der Waals surface area (Å²) in [6, 6.07) is 18.0. The predicted molar refractivity (Wildman–Crippen MR) is 138 cm³/mol. The average Bonchev–Trinajstić information content (AvgIpc) is 3.52. The fraction of sp³-hybridized carbons (Fsp3) is 0.464. The van der Waals surface area contributed by atoms with Gasteiger partial charge in [0, 0.05) is 35.4 Å². The van der Waals surface area contributed by atoms with Gasteiger partial charge < -0.3 is 15.6 Å². The number of aromatic nitrogens is 5. The third-order valence-corrected chi connectivity index (χ3v) is 8.88. The third kappa shape index (κ3) is 3.97. The lowest BCUT2D eigenvalue weighted by atomic mass is 9.48. The Balaban J connectivity index is 1.15. The third-order valence-electron chi connectivity index (χ3n) is 8.88. The second kappa shape index (κ2) is 8.40. The van der Waals surface area contributed by atoms with Crippen LogP contribution in [0, 0.1) is 17.8 Å². The van der Waals surface area contributed by atoms with E-state index < -0.39 is 0 Å². The summed E-state index contributed by atoms with van der Waals surface area (Å²) in [5.74, 6) is 3.38. The number of fused-ring (bicyclic) bond motifs is 1. The maximum absolute atomic E-state index is 4.07. The molecule has 4 aliphatic rings. The van der Waals surface area contributed by atoms with Crippen molar-refractivity contribution in [1.29, 1.82) is 0 Å². The minimum Gasteiger partial charge on any atom is -0.380 e. The summed E-state index contributed by atoms with van der Waals surface area (Å²) in [6.45, 7) is 0.695. The number of nitrogens with zero attached hydrogens (tertiary/aromatic N) is 3. The van der Waals surface area contributed by atoms with E-state index in [0.29, 0.717) is 17.9 Å². The van der Waals surface area contributed by atoms with Crippen LogP contribution in [0.5, 0.6) is 0 Å². The van der Waals surface area contributed by atoms with Crippen LogP contribution < -0.4 is 10.6 Å². The molecule has 180 valence electrons. The lowest BCUT2D eigenvalue weighted by Gasteiger charge is -2.57. The van der Waals surface area contributed by atoms with Crippen LogP contribution in [0.1, 0.15) is 49.7 Å². The first kappa shape index (κ1) is 21.0. The predicted octanol–water partition coefficient (Wildman–Crippen LogP) is 5.28. The molecule has 4 N–H and O–H groups in total. The Morgan fingerprint density at radius 2 is 1.77 bits per heavy atom. The van der Waals surface area contributed by atoms with Crippen LogP contribution in [0.2, 0.25) is 0 Å². The van der Waals surface area contributed by atoms with Crippen molar-refractivity contribution < 1.29 is 0 Å². The van der Waals surface area contributed by atoms with Crippen molar-refractivity contribution >= 4 is 22.5 Å². The van der Waals surface area contributed by atoms with Crippen molar-refractivity contribution in [3.63, 3.8) is 0 Å². The average molecular weight is 468 g/mol. The Bertz CT molecular complexity index is 1270. The minimum atomic E-state index is 0.166. The number of rotatable bonds is 8. The van der Waals surface area contributed by atoms with E-state index in [1.807, 2.05) is 0 Å². The fourth-order valence-electron chi connectivity index (χ4n) is 7.83. The SMILES string of the molecule is c1cc(N[C@H](CNc2nn[nH]n2)Cc2c[nH]c3ccccc23)cc(C23CC4CC(CC(C4)C2)C3)c1. The first-order valence-electron chi connectivity index (χ1n) is 13.1. The smallest absolute Gasteiger partial charge is 0.263 e. The molecule has 35 heavy (non-hydrogen) atoms. The van der Waals surface area contributed by atoms with Gasteiger partial charge in [-0.05, 0) is 103 Å². The van der Waals surface area contributed by atoms with Gasteiger partial charge in [-0.25, -0.2) is 0 Å². The van der Waals surface area contributed by atoms with E-state index in [2.05, 4.69) is 91.0 Å². The number of hydrogen-bond acceptors (Lipinski definition) is 5. The zero-order chi connectivity index (χ0) is 23.2. The van der Waals surface area contributed by atoms with Crippen LogP contribution in [-0.2, 0) is 11.8 Å². The Morgan fingerprint density at radius 1 is 0.971 bits per heavy atom. The molecule has 0 spiro atoms. The fourth-order valence-corrected chi connectivity index (χ4v) is 7.83. The summed E-state index contributed by atoms with van der Waals surface area (Å²) in [7, 11) is 0. The number of benzene rings is 2. The molecule has 1 atom stereocenters. The zero-order valence-corrected chi connectivity index (χ0v) is 20.0. The highest BCUT2D eigenvalue weighted by Gasteiger charge is 2.51. The van der Waals surface area contributed by atoms with Gasteiger partial charge in [0.05, 0.1) is 0 Å². The summed E-state index contributed by atoms with van der Waals surface area (Å²) in [6.07, 6.45) is 11.6. The van der Waals surface area contributed by atoms with E-state index in [-0.39, 0.29) is 6.04 Å². The highest BCUT2D eigenvalue weighted by molar-refractivity contribution is 5.83. The second-order valence-electron chi connectivity index (χ2n) is 11.3. The number of anilines is 2. The normalized spacial score (nSPS) is 27.8. The van der Waals surface area contributed by atoms with Crippen molar-refractivity contribution in [3.8, 4) is 0 Å². The highest BCUT2D eigenvalue weighted by Crippen LogP contribution is 2.60. The molecule has 4 aliphatic carbocycles. The summed E-state index contributed by atoms with van der Waals surface area (Å²) in [4.78, 5) is 3.42. The quantitative estimate of drug-likeness (QED) is 0.283. The lowest BCUT2D eigenvalue weighted by molar-refractivity contribution is -0.00516. The topological polar surface area (TPSA) is 94.3 Å². The monoisotopic (exact) mass is 467 g/mol. The van der Waals surface area contributed by atoms with Gasteiger partial charge in [-0.15, -0.1) is 5.10 Å². The molecular weight excluding hydrogens is 434 g/mol. The first-order valence-corrected chi connectivity index (χ1v) is 13.1. The van der Waals surface area contributed by atoms with E-state index in [0.717, 1.165) is 24.2 Å². The largest absolute Gasteiger partial charge is 0.380 e. The van der Waals surface area contributed by atoms with Crippen molar-refractivity contribution in [2.45, 2.75) is 56.4 Å². The number of para-hydroxylation sites is 1. The maximum Gasteiger partial charge on any atom is 0.263 e. The van der Waals surface area contributed by atoms with Gasteiger partial charge in [-0.2, -0.15) is 5.21 Å². The Labute approximate surface area is 205 Å². The number of tetrazole rings is 1. The van der Waals surface area contributed by atoms with Crippen molar-refractivity contribution in [1.82, 2.24) is 25.6 Å². The van der Waals surface area contributed by atoms with Gasteiger partial charge in [0.1, 0.15) is 0 Å². The highest BCUT2D eigenvalue weighted by atomic mass is 15.5. The molecular formula is C28H33N7. The second-order valence-corrected chi connectivity index (χ2v) is 11.3.